The highest BCUT2D eigenvalue weighted by molar-refractivity contribution is 5.55. The SMILES string of the molecule is CCNCc1ccc(N2CCCC(C)(O)C2)c(C)c1. The molecule has 3 nitrogen and oxygen atoms in total. The predicted octanol–water partition coefficient (Wildman–Crippen LogP) is 2.46. The highest BCUT2D eigenvalue weighted by Crippen LogP contribution is 2.28. The molecule has 0 radical (unpaired) electrons. The fourth-order valence-corrected chi connectivity index (χ4v) is 2.88. The summed E-state index contributed by atoms with van der Waals surface area (Å²) in [6, 6.07) is 6.64. The number of anilines is 1. The van der Waals surface area contributed by atoms with E-state index in [4.69, 9.17) is 0 Å². The largest absolute Gasteiger partial charge is 0.388 e. The van der Waals surface area contributed by atoms with Gasteiger partial charge >= 0.3 is 0 Å². The fraction of sp³-hybridized carbons (Fsp3) is 0.625. The van der Waals surface area contributed by atoms with Crippen molar-refractivity contribution in [3.05, 3.63) is 29.3 Å². The lowest BCUT2D eigenvalue weighted by Crippen LogP contribution is -2.46. The van der Waals surface area contributed by atoms with Crippen molar-refractivity contribution in [2.24, 2.45) is 0 Å². The smallest absolute Gasteiger partial charge is 0.0794 e. The van der Waals surface area contributed by atoms with Crippen LogP contribution in [0.15, 0.2) is 18.2 Å². The standard InChI is InChI=1S/C16H26N2O/c1-4-17-11-14-6-7-15(13(2)10-14)18-9-5-8-16(3,19)12-18/h6-7,10,17,19H,4-5,8-9,11-12H2,1-3H3. The second-order valence-electron chi connectivity index (χ2n) is 5.92. The summed E-state index contributed by atoms with van der Waals surface area (Å²) in [6.07, 6.45) is 1.96. The van der Waals surface area contributed by atoms with E-state index >= 15 is 0 Å². The fourth-order valence-electron chi connectivity index (χ4n) is 2.88. The second kappa shape index (κ2) is 5.93. The van der Waals surface area contributed by atoms with Crippen LogP contribution in [0.5, 0.6) is 0 Å². The monoisotopic (exact) mass is 262 g/mol. The molecule has 1 aliphatic rings. The molecule has 19 heavy (non-hydrogen) atoms. The minimum Gasteiger partial charge on any atom is -0.388 e. The molecule has 1 aliphatic heterocycles. The molecule has 2 rings (SSSR count). The van der Waals surface area contributed by atoms with E-state index in [1.807, 2.05) is 6.92 Å². The number of piperidine rings is 1. The van der Waals surface area contributed by atoms with Crippen molar-refractivity contribution in [3.8, 4) is 0 Å². The second-order valence-corrected chi connectivity index (χ2v) is 5.92. The van der Waals surface area contributed by atoms with Crippen LogP contribution in [-0.2, 0) is 6.54 Å². The molecule has 1 aromatic carbocycles. The number of rotatable bonds is 4. The zero-order valence-corrected chi connectivity index (χ0v) is 12.4. The summed E-state index contributed by atoms with van der Waals surface area (Å²) in [5.74, 6) is 0. The van der Waals surface area contributed by atoms with Crippen molar-refractivity contribution in [2.45, 2.75) is 45.8 Å². The lowest BCUT2D eigenvalue weighted by molar-refractivity contribution is 0.0449. The molecule has 106 valence electrons. The molecule has 0 bridgehead atoms. The van der Waals surface area contributed by atoms with Crippen molar-refractivity contribution < 1.29 is 5.11 Å². The van der Waals surface area contributed by atoms with Crippen molar-refractivity contribution in [1.29, 1.82) is 0 Å². The van der Waals surface area contributed by atoms with Gasteiger partial charge in [0.2, 0.25) is 0 Å². The van der Waals surface area contributed by atoms with Crippen LogP contribution in [0.3, 0.4) is 0 Å². The van der Waals surface area contributed by atoms with Gasteiger partial charge in [0, 0.05) is 25.3 Å². The van der Waals surface area contributed by atoms with Gasteiger partial charge < -0.3 is 15.3 Å². The van der Waals surface area contributed by atoms with Gasteiger partial charge in [0.05, 0.1) is 5.60 Å². The summed E-state index contributed by atoms with van der Waals surface area (Å²) < 4.78 is 0. The number of nitrogens with one attached hydrogen (secondary N) is 1. The number of β-amino-alcohol motifs (C(OH)–C–C–N with tert-alkyl or cyclic N) is 1. The van der Waals surface area contributed by atoms with E-state index in [-0.39, 0.29) is 0 Å². The van der Waals surface area contributed by atoms with E-state index in [0.29, 0.717) is 0 Å². The van der Waals surface area contributed by atoms with Crippen molar-refractivity contribution >= 4 is 5.69 Å². The average Bonchev–Trinajstić information content (AvgIpc) is 2.35. The topological polar surface area (TPSA) is 35.5 Å². The van der Waals surface area contributed by atoms with Gasteiger partial charge in [-0.25, -0.2) is 0 Å². The first-order valence-electron chi connectivity index (χ1n) is 7.29. The van der Waals surface area contributed by atoms with Crippen LogP contribution in [0.2, 0.25) is 0 Å². The molecule has 0 aromatic heterocycles. The summed E-state index contributed by atoms with van der Waals surface area (Å²) in [5, 5.41) is 13.6. The molecule has 0 aliphatic carbocycles. The number of hydrogen-bond acceptors (Lipinski definition) is 3. The van der Waals surface area contributed by atoms with Crippen LogP contribution in [0, 0.1) is 6.92 Å². The molecule has 2 N–H and O–H groups in total. The number of aryl methyl sites for hydroxylation is 1. The Morgan fingerprint density at radius 1 is 1.42 bits per heavy atom. The van der Waals surface area contributed by atoms with Gasteiger partial charge in [0.15, 0.2) is 0 Å². The molecular weight excluding hydrogens is 236 g/mol. The Kier molecular flexibility index (Phi) is 4.48. The molecule has 1 heterocycles. The van der Waals surface area contributed by atoms with Crippen LogP contribution in [0.25, 0.3) is 0 Å². The van der Waals surface area contributed by atoms with Crippen LogP contribution in [-0.4, -0.2) is 30.3 Å². The van der Waals surface area contributed by atoms with Gasteiger partial charge in [-0.3, -0.25) is 0 Å². The van der Waals surface area contributed by atoms with E-state index in [1.165, 1.54) is 16.8 Å². The zero-order chi connectivity index (χ0) is 13.9. The molecule has 1 fully saturated rings. The van der Waals surface area contributed by atoms with Crippen molar-refractivity contribution in [1.82, 2.24) is 5.32 Å². The molecule has 1 unspecified atom stereocenters. The Morgan fingerprint density at radius 3 is 2.84 bits per heavy atom. The molecular formula is C16H26N2O. The molecule has 1 saturated heterocycles. The Balaban J connectivity index is 2.12. The summed E-state index contributed by atoms with van der Waals surface area (Å²) in [5.41, 5.74) is 3.34. The zero-order valence-electron chi connectivity index (χ0n) is 12.4. The minimum atomic E-state index is -0.548. The lowest BCUT2D eigenvalue weighted by Gasteiger charge is -2.39. The van der Waals surface area contributed by atoms with E-state index in [9.17, 15) is 5.11 Å². The van der Waals surface area contributed by atoms with E-state index < -0.39 is 5.60 Å². The van der Waals surface area contributed by atoms with Gasteiger partial charge in [-0.15, -0.1) is 0 Å². The van der Waals surface area contributed by atoms with Crippen LogP contribution in [0.4, 0.5) is 5.69 Å². The number of aliphatic hydroxyl groups is 1. The Labute approximate surface area is 116 Å². The average molecular weight is 262 g/mol. The van der Waals surface area contributed by atoms with Gasteiger partial charge in [0.1, 0.15) is 0 Å². The normalized spacial score (nSPS) is 23.7. The first-order chi connectivity index (χ1) is 9.02. The molecule has 3 heteroatoms. The first kappa shape index (κ1) is 14.4. The van der Waals surface area contributed by atoms with Crippen LogP contribution >= 0.6 is 0 Å². The maximum Gasteiger partial charge on any atom is 0.0794 e. The van der Waals surface area contributed by atoms with Crippen LogP contribution < -0.4 is 10.2 Å². The highest BCUT2D eigenvalue weighted by atomic mass is 16.3. The third kappa shape index (κ3) is 3.71. The summed E-state index contributed by atoms with van der Waals surface area (Å²) in [4.78, 5) is 2.32. The van der Waals surface area contributed by atoms with Gasteiger partial charge in [-0.2, -0.15) is 0 Å². The maximum atomic E-state index is 10.2. The van der Waals surface area contributed by atoms with Crippen molar-refractivity contribution in [3.63, 3.8) is 0 Å². The third-order valence-electron chi connectivity index (χ3n) is 3.86. The van der Waals surface area contributed by atoms with E-state index in [0.717, 1.165) is 39.0 Å². The molecule has 0 saturated carbocycles. The van der Waals surface area contributed by atoms with E-state index in [2.05, 4.69) is 42.3 Å². The molecule has 1 atom stereocenters. The predicted molar refractivity (Wildman–Crippen MR) is 80.6 cm³/mol. The Hall–Kier alpha value is -1.06. The quantitative estimate of drug-likeness (QED) is 0.875. The highest BCUT2D eigenvalue weighted by Gasteiger charge is 2.28. The van der Waals surface area contributed by atoms with Gasteiger partial charge in [0.25, 0.3) is 0 Å². The minimum absolute atomic E-state index is 0.548. The molecule has 1 aromatic rings. The van der Waals surface area contributed by atoms with Gasteiger partial charge in [-0.1, -0.05) is 19.1 Å². The molecule has 0 spiro atoms. The summed E-state index contributed by atoms with van der Waals surface area (Å²) >= 11 is 0. The third-order valence-corrected chi connectivity index (χ3v) is 3.86. The molecule has 0 amide bonds. The number of benzene rings is 1. The Morgan fingerprint density at radius 2 is 2.21 bits per heavy atom. The van der Waals surface area contributed by atoms with Gasteiger partial charge in [-0.05, 0) is 50.4 Å². The lowest BCUT2D eigenvalue weighted by atomic mass is 9.94. The maximum absolute atomic E-state index is 10.2. The summed E-state index contributed by atoms with van der Waals surface area (Å²) in [7, 11) is 0. The van der Waals surface area contributed by atoms with Crippen LogP contribution in [0.1, 0.15) is 37.8 Å². The Bertz CT molecular complexity index is 429. The summed E-state index contributed by atoms with van der Waals surface area (Å²) in [6.45, 7) is 9.92. The first-order valence-corrected chi connectivity index (χ1v) is 7.29. The number of hydrogen-bond donors (Lipinski definition) is 2. The number of nitrogens with zero attached hydrogens (tertiary/aromatic N) is 1. The van der Waals surface area contributed by atoms with E-state index in [1.54, 1.807) is 0 Å². The van der Waals surface area contributed by atoms with Crippen molar-refractivity contribution in [2.75, 3.05) is 24.5 Å².